The van der Waals surface area contributed by atoms with Gasteiger partial charge in [-0.3, -0.25) is 0 Å². The summed E-state index contributed by atoms with van der Waals surface area (Å²) < 4.78 is 0.771. The first-order valence-corrected chi connectivity index (χ1v) is 6.14. The first-order valence-electron chi connectivity index (χ1n) is 4.95. The summed E-state index contributed by atoms with van der Waals surface area (Å²) in [6.07, 6.45) is 0. The first-order chi connectivity index (χ1) is 7.70. The molecule has 0 fully saturated rings. The van der Waals surface area contributed by atoms with Crippen molar-refractivity contribution in [3.05, 3.63) is 51.2 Å². The third kappa shape index (κ3) is 2.38. The summed E-state index contributed by atoms with van der Waals surface area (Å²) in [6, 6.07) is 11.0. The van der Waals surface area contributed by atoms with Crippen LogP contribution in [-0.4, -0.2) is 11.7 Å². The highest BCUT2D eigenvalue weighted by atomic mass is 35.5. The van der Waals surface area contributed by atoms with E-state index in [4.69, 9.17) is 17.3 Å². The second kappa shape index (κ2) is 4.87. The van der Waals surface area contributed by atoms with Crippen molar-refractivity contribution >= 4 is 22.9 Å². The topological polar surface area (TPSA) is 46.2 Å². The van der Waals surface area contributed by atoms with Gasteiger partial charge in [0.05, 0.1) is 4.34 Å². The van der Waals surface area contributed by atoms with Crippen molar-refractivity contribution in [3.8, 4) is 5.75 Å². The van der Waals surface area contributed by atoms with E-state index in [1.165, 1.54) is 0 Å². The zero-order valence-electron chi connectivity index (χ0n) is 8.56. The molecule has 2 aromatic rings. The van der Waals surface area contributed by atoms with Gasteiger partial charge in [0.1, 0.15) is 5.75 Å². The fourth-order valence-electron chi connectivity index (χ4n) is 1.64. The van der Waals surface area contributed by atoms with Gasteiger partial charge in [-0.05, 0) is 29.8 Å². The zero-order valence-corrected chi connectivity index (χ0v) is 10.1. The summed E-state index contributed by atoms with van der Waals surface area (Å²) >= 11 is 7.45. The lowest BCUT2D eigenvalue weighted by Gasteiger charge is -2.13. The molecule has 4 heteroatoms. The molecule has 84 valence electrons. The van der Waals surface area contributed by atoms with Crippen LogP contribution < -0.4 is 5.73 Å². The maximum atomic E-state index is 9.24. The highest BCUT2D eigenvalue weighted by Crippen LogP contribution is 2.32. The molecule has 0 aliphatic heterocycles. The van der Waals surface area contributed by atoms with Crippen LogP contribution in [0.5, 0.6) is 5.75 Å². The van der Waals surface area contributed by atoms with Crippen LogP contribution in [0.4, 0.5) is 0 Å². The lowest BCUT2D eigenvalue weighted by atomic mass is 9.97. The van der Waals surface area contributed by atoms with E-state index < -0.39 is 0 Å². The van der Waals surface area contributed by atoms with Gasteiger partial charge in [-0.1, -0.05) is 23.7 Å². The zero-order chi connectivity index (χ0) is 11.5. The van der Waals surface area contributed by atoms with E-state index in [0.717, 1.165) is 14.8 Å². The molecule has 1 aromatic heterocycles. The summed E-state index contributed by atoms with van der Waals surface area (Å²) in [4.78, 5) is 1.15. The average Bonchev–Trinajstić information content (AvgIpc) is 2.69. The summed E-state index contributed by atoms with van der Waals surface area (Å²) in [5.74, 6) is 0.418. The van der Waals surface area contributed by atoms with Crippen LogP contribution in [0.15, 0.2) is 36.4 Å². The predicted molar refractivity (Wildman–Crippen MR) is 68.3 cm³/mol. The minimum atomic E-state index is 0.151. The standard InChI is InChI=1S/C12H12ClNOS/c13-12-6-5-11(16-12)10(7-14)8-1-3-9(15)4-2-8/h1-6,10,15H,7,14H2. The molecular weight excluding hydrogens is 242 g/mol. The van der Waals surface area contributed by atoms with Gasteiger partial charge in [0.15, 0.2) is 0 Å². The van der Waals surface area contributed by atoms with Gasteiger partial charge in [0.25, 0.3) is 0 Å². The van der Waals surface area contributed by atoms with E-state index in [1.54, 1.807) is 23.5 Å². The fraction of sp³-hybridized carbons (Fsp3) is 0.167. The van der Waals surface area contributed by atoms with Crippen molar-refractivity contribution in [2.45, 2.75) is 5.92 Å². The number of rotatable bonds is 3. The van der Waals surface area contributed by atoms with Crippen LogP contribution in [0.25, 0.3) is 0 Å². The van der Waals surface area contributed by atoms with Gasteiger partial charge in [-0.25, -0.2) is 0 Å². The molecule has 1 unspecified atom stereocenters. The smallest absolute Gasteiger partial charge is 0.115 e. The number of hydrogen-bond acceptors (Lipinski definition) is 3. The van der Waals surface area contributed by atoms with E-state index in [0.29, 0.717) is 6.54 Å². The van der Waals surface area contributed by atoms with Crippen molar-refractivity contribution in [1.82, 2.24) is 0 Å². The van der Waals surface area contributed by atoms with Gasteiger partial charge >= 0.3 is 0 Å². The molecule has 0 amide bonds. The molecule has 0 saturated carbocycles. The van der Waals surface area contributed by atoms with Crippen molar-refractivity contribution in [2.75, 3.05) is 6.54 Å². The summed E-state index contributed by atoms with van der Waals surface area (Å²) in [5, 5.41) is 9.24. The SMILES string of the molecule is NCC(c1ccc(O)cc1)c1ccc(Cl)s1. The van der Waals surface area contributed by atoms with Crippen LogP contribution in [0.2, 0.25) is 4.34 Å². The Balaban J connectivity index is 2.32. The van der Waals surface area contributed by atoms with E-state index in [1.807, 2.05) is 24.3 Å². The Labute approximate surface area is 103 Å². The van der Waals surface area contributed by atoms with E-state index in [2.05, 4.69) is 0 Å². The van der Waals surface area contributed by atoms with Crippen molar-refractivity contribution in [3.63, 3.8) is 0 Å². The van der Waals surface area contributed by atoms with Gasteiger partial charge in [-0.15, -0.1) is 11.3 Å². The van der Waals surface area contributed by atoms with Crippen molar-refractivity contribution in [2.24, 2.45) is 5.73 Å². The van der Waals surface area contributed by atoms with E-state index in [9.17, 15) is 5.11 Å². The monoisotopic (exact) mass is 253 g/mol. The second-order valence-corrected chi connectivity index (χ2v) is 5.27. The second-order valence-electron chi connectivity index (χ2n) is 3.52. The highest BCUT2D eigenvalue weighted by Gasteiger charge is 2.14. The van der Waals surface area contributed by atoms with Gasteiger partial charge in [-0.2, -0.15) is 0 Å². The summed E-state index contributed by atoms with van der Waals surface area (Å²) in [6.45, 7) is 0.529. The maximum Gasteiger partial charge on any atom is 0.115 e. The minimum absolute atomic E-state index is 0.151. The number of thiophene rings is 1. The Morgan fingerprint density at radius 3 is 2.38 bits per heavy atom. The molecule has 16 heavy (non-hydrogen) atoms. The molecule has 0 bridgehead atoms. The Hall–Kier alpha value is -1.03. The lowest BCUT2D eigenvalue weighted by molar-refractivity contribution is 0.475. The average molecular weight is 254 g/mol. The normalized spacial score (nSPS) is 12.6. The molecule has 3 N–H and O–H groups in total. The Morgan fingerprint density at radius 2 is 1.88 bits per heavy atom. The number of phenols is 1. The molecule has 0 aliphatic rings. The molecule has 0 radical (unpaired) electrons. The number of halogens is 1. The van der Waals surface area contributed by atoms with Gasteiger partial charge in [0.2, 0.25) is 0 Å². The highest BCUT2D eigenvalue weighted by molar-refractivity contribution is 7.16. The van der Waals surface area contributed by atoms with Crippen LogP contribution in [0.3, 0.4) is 0 Å². The minimum Gasteiger partial charge on any atom is -0.508 e. The molecule has 2 nitrogen and oxygen atoms in total. The maximum absolute atomic E-state index is 9.24. The number of nitrogens with two attached hydrogens (primary N) is 1. The summed E-state index contributed by atoms with van der Waals surface area (Å²) in [7, 11) is 0. The van der Waals surface area contributed by atoms with Crippen molar-refractivity contribution in [1.29, 1.82) is 0 Å². The summed E-state index contributed by atoms with van der Waals surface area (Å²) in [5.41, 5.74) is 6.88. The third-order valence-electron chi connectivity index (χ3n) is 2.47. The first kappa shape index (κ1) is 11.5. The molecule has 1 aromatic carbocycles. The Bertz CT molecular complexity index is 466. The fourth-order valence-corrected chi connectivity index (χ4v) is 2.84. The Kier molecular flexibility index (Phi) is 3.49. The van der Waals surface area contributed by atoms with Crippen LogP contribution >= 0.6 is 22.9 Å². The third-order valence-corrected chi connectivity index (χ3v) is 3.81. The molecule has 0 saturated heterocycles. The molecule has 0 spiro atoms. The van der Waals surface area contributed by atoms with Gasteiger partial charge in [0, 0.05) is 17.3 Å². The quantitative estimate of drug-likeness (QED) is 0.883. The van der Waals surface area contributed by atoms with E-state index in [-0.39, 0.29) is 11.7 Å². The molecule has 2 rings (SSSR count). The Morgan fingerprint density at radius 1 is 1.19 bits per heavy atom. The largest absolute Gasteiger partial charge is 0.508 e. The predicted octanol–water partition coefficient (Wildman–Crippen LogP) is 3.20. The van der Waals surface area contributed by atoms with Crippen LogP contribution in [0.1, 0.15) is 16.4 Å². The van der Waals surface area contributed by atoms with E-state index >= 15 is 0 Å². The number of benzene rings is 1. The lowest BCUT2D eigenvalue weighted by Crippen LogP contribution is -2.12. The van der Waals surface area contributed by atoms with Crippen LogP contribution in [0, 0.1) is 0 Å². The van der Waals surface area contributed by atoms with Crippen LogP contribution in [-0.2, 0) is 0 Å². The molecular formula is C12H12ClNOS. The molecule has 1 atom stereocenters. The van der Waals surface area contributed by atoms with Gasteiger partial charge < -0.3 is 10.8 Å². The molecule has 0 aliphatic carbocycles. The number of aromatic hydroxyl groups is 1. The number of hydrogen-bond donors (Lipinski definition) is 2. The van der Waals surface area contributed by atoms with Crippen molar-refractivity contribution < 1.29 is 5.11 Å². The molecule has 1 heterocycles. The number of phenolic OH excluding ortho intramolecular Hbond substituents is 1.